The molecular weight excluding hydrogens is 452 g/mol. The van der Waals surface area contributed by atoms with Crippen molar-refractivity contribution < 1.29 is 18.0 Å². The highest BCUT2D eigenvalue weighted by molar-refractivity contribution is 7.89. The zero-order chi connectivity index (χ0) is 24.9. The molecular formula is C25H34N4O4S. The molecule has 184 valence electrons. The molecule has 1 heterocycles. The van der Waals surface area contributed by atoms with Gasteiger partial charge in [-0.3, -0.25) is 14.5 Å². The van der Waals surface area contributed by atoms with E-state index in [-0.39, 0.29) is 23.1 Å². The summed E-state index contributed by atoms with van der Waals surface area (Å²) in [6, 6.07) is 14.1. The summed E-state index contributed by atoms with van der Waals surface area (Å²) in [5.74, 6) is -0.493. The van der Waals surface area contributed by atoms with Crippen LogP contribution in [0.25, 0.3) is 0 Å². The van der Waals surface area contributed by atoms with Crippen molar-refractivity contribution in [2.75, 3.05) is 38.1 Å². The van der Waals surface area contributed by atoms with E-state index in [1.807, 2.05) is 25.2 Å². The quantitative estimate of drug-likeness (QED) is 0.556. The van der Waals surface area contributed by atoms with Crippen molar-refractivity contribution in [3.63, 3.8) is 0 Å². The lowest BCUT2D eigenvalue weighted by Crippen LogP contribution is -2.48. The molecule has 8 nitrogen and oxygen atoms in total. The second-order valence-corrected chi connectivity index (χ2v) is 10.4. The summed E-state index contributed by atoms with van der Waals surface area (Å²) in [5, 5.41) is 2.94. The number of fused-ring (bicyclic) bond motifs is 1. The number of benzene rings is 2. The number of hydrogen-bond acceptors (Lipinski definition) is 5. The normalized spacial score (nSPS) is 15.6. The number of rotatable bonds is 10. The first-order valence-electron chi connectivity index (χ1n) is 11.6. The van der Waals surface area contributed by atoms with E-state index >= 15 is 0 Å². The van der Waals surface area contributed by atoms with Gasteiger partial charge >= 0.3 is 0 Å². The van der Waals surface area contributed by atoms with E-state index in [2.05, 4.69) is 22.3 Å². The first-order chi connectivity index (χ1) is 16.2. The van der Waals surface area contributed by atoms with Gasteiger partial charge in [0.2, 0.25) is 21.8 Å². The molecule has 0 bridgehead atoms. The van der Waals surface area contributed by atoms with Crippen LogP contribution >= 0.6 is 0 Å². The maximum atomic E-state index is 13.0. The van der Waals surface area contributed by atoms with Crippen molar-refractivity contribution in [1.29, 1.82) is 0 Å². The molecule has 0 spiro atoms. The molecule has 2 aromatic carbocycles. The SMILES string of the molecule is CCN(CC)S(=O)(=O)c1ccc2c(c1)C[C@@H](C(=O)NCCN(C)Cc1ccccc1)N2C(C)=O. The van der Waals surface area contributed by atoms with E-state index < -0.39 is 16.1 Å². The molecule has 2 aromatic rings. The summed E-state index contributed by atoms with van der Waals surface area (Å²) < 4.78 is 27.2. The summed E-state index contributed by atoms with van der Waals surface area (Å²) >= 11 is 0. The van der Waals surface area contributed by atoms with Gasteiger partial charge in [-0.05, 0) is 36.4 Å². The number of nitrogens with zero attached hydrogens (tertiary/aromatic N) is 3. The molecule has 2 amide bonds. The highest BCUT2D eigenvalue weighted by atomic mass is 32.2. The van der Waals surface area contributed by atoms with Gasteiger partial charge in [0, 0.05) is 51.8 Å². The van der Waals surface area contributed by atoms with Gasteiger partial charge in [0.15, 0.2) is 0 Å². The lowest BCUT2D eigenvalue weighted by atomic mass is 10.1. The van der Waals surface area contributed by atoms with E-state index in [0.717, 1.165) is 6.54 Å². The van der Waals surface area contributed by atoms with E-state index in [1.165, 1.54) is 27.8 Å². The Morgan fingerprint density at radius 2 is 1.76 bits per heavy atom. The Morgan fingerprint density at radius 3 is 2.38 bits per heavy atom. The summed E-state index contributed by atoms with van der Waals surface area (Å²) in [6.07, 6.45) is 0.280. The third-order valence-corrected chi connectivity index (χ3v) is 8.15. The molecule has 0 saturated heterocycles. The van der Waals surface area contributed by atoms with Gasteiger partial charge in [-0.2, -0.15) is 4.31 Å². The lowest BCUT2D eigenvalue weighted by molar-refractivity contribution is -0.125. The topological polar surface area (TPSA) is 90.0 Å². The second-order valence-electron chi connectivity index (χ2n) is 8.50. The van der Waals surface area contributed by atoms with Crippen molar-refractivity contribution in [3.05, 3.63) is 59.7 Å². The summed E-state index contributed by atoms with van der Waals surface area (Å²) in [6.45, 7) is 7.64. The molecule has 0 radical (unpaired) electrons. The molecule has 1 aliphatic rings. The molecule has 0 saturated carbocycles. The van der Waals surface area contributed by atoms with Crippen molar-refractivity contribution in [2.45, 2.75) is 44.7 Å². The van der Waals surface area contributed by atoms with Crippen LogP contribution in [0.15, 0.2) is 53.4 Å². The number of carbonyl (C=O) groups excluding carboxylic acids is 2. The highest BCUT2D eigenvalue weighted by Crippen LogP contribution is 2.34. The van der Waals surface area contributed by atoms with Crippen molar-refractivity contribution >= 4 is 27.5 Å². The lowest BCUT2D eigenvalue weighted by Gasteiger charge is -2.24. The van der Waals surface area contributed by atoms with Crippen LogP contribution < -0.4 is 10.2 Å². The van der Waals surface area contributed by atoms with Gasteiger partial charge in [-0.25, -0.2) is 8.42 Å². The zero-order valence-electron chi connectivity index (χ0n) is 20.3. The number of likely N-dealkylation sites (N-methyl/N-ethyl adjacent to an activating group) is 1. The summed E-state index contributed by atoms with van der Waals surface area (Å²) in [5.41, 5.74) is 2.47. The predicted octanol–water partition coefficient (Wildman–Crippen LogP) is 2.24. The van der Waals surface area contributed by atoms with Gasteiger partial charge in [0.1, 0.15) is 6.04 Å². The van der Waals surface area contributed by atoms with Crippen LogP contribution in [0.4, 0.5) is 5.69 Å². The first-order valence-corrected chi connectivity index (χ1v) is 13.1. The average molecular weight is 487 g/mol. The molecule has 1 atom stereocenters. The third-order valence-electron chi connectivity index (χ3n) is 6.11. The monoisotopic (exact) mass is 486 g/mol. The number of hydrogen-bond donors (Lipinski definition) is 1. The standard InChI is InChI=1S/C25H34N4O4S/c1-5-28(6-2)34(32,33)22-12-13-23-21(16-22)17-24(29(23)19(3)30)25(31)26-14-15-27(4)18-20-10-8-7-9-11-20/h7-13,16,24H,5-6,14-15,17-18H2,1-4H3,(H,26,31)/t24-/m0/s1. The number of sulfonamides is 1. The summed E-state index contributed by atoms with van der Waals surface area (Å²) in [4.78, 5) is 29.2. The largest absolute Gasteiger partial charge is 0.353 e. The number of carbonyl (C=O) groups is 2. The number of amides is 2. The molecule has 0 fully saturated rings. The molecule has 0 unspecified atom stereocenters. The van der Waals surface area contributed by atoms with Crippen LogP contribution in [0.3, 0.4) is 0 Å². The predicted molar refractivity (Wildman–Crippen MR) is 133 cm³/mol. The van der Waals surface area contributed by atoms with Crippen LogP contribution in [0.5, 0.6) is 0 Å². The van der Waals surface area contributed by atoms with Gasteiger partial charge in [0.05, 0.1) is 4.90 Å². The molecule has 1 aliphatic heterocycles. The fourth-order valence-corrected chi connectivity index (χ4v) is 5.87. The molecule has 0 aromatic heterocycles. The number of nitrogens with one attached hydrogen (secondary N) is 1. The minimum atomic E-state index is -3.62. The van der Waals surface area contributed by atoms with E-state index in [9.17, 15) is 18.0 Å². The van der Waals surface area contributed by atoms with Crippen LogP contribution in [0.2, 0.25) is 0 Å². The zero-order valence-corrected chi connectivity index (χ0v) is 21.1. The third kappa shape index (κ3) is 5.65. The van der Waals surface area contributed by atoms with Crippen molar-refractivity contribution in [3.8, 4) is 0 Å². The minimum absolute atomic E-state index is 0.182. The molecule has 1 N–H and O–H groups in total. The molecule has 3 rings (SSSR count). The van der Waals surface area contributed by atoms with Gasteiger partial charge in [-0.15, -0.1) is 0 Å². The second kappa shape index (κ2) is 11.1. The minimum Gasteiger partial charge on any atom is -0.353 e. The molecule has 9 heteroatoms. The van der Waals surface area contributed by atoms with Gasteiger partial charge in [0.25, 0.3) is 0 Å². The maximum absolute atomic E-state index is 13.0. The fourth-order valence-electron chi connectivity index (χ4n) is 4.36. The maximum Gasteiger partial charge on any atom is 0.243 e. The van der Waals surface area contributed by atoms with Crippen LogP contribution in [0.1, 0.15) is 31.9 Å². The van der Waals surface area contributed by atoms with E-state index in [1.54, 1.807) is 26.0 Å². The van der Waals surface area contributed by atoms with Gasteiger partial charge < -0.3 is 10.2 Å². The number of anilines is 1. The Balaban J connectivity index is 1.68. The Labute approximate surface area is 202 Å². The highest BCUT2D eigenvalue weighted by Gasteiger charge is 2.37. The first kappa shape index (κ1) is 25.9. The Hall–Kier alpha value is -2.75. The fraction of sp³-hybridized carbons (Fsp3) is 0.440. The Morgan fingerprint density at radius 1 is 1.09 bits per heavy atom. The van der Waals surface area contributed by atoms with Crippen LogP contribution in [-0.4, -0.2) is 68.7 Å². The molecule has 0 aliphatic carbocycles. The van der Waals surface area contributed by atoms with Crippen molar-refractivity contribution in [2.24, 2.45) is 0 Å². The van der Waals surface area contributed by atoms with Gasteiger partial charge in [-0.1, -0.05) is 44.2 Å². The Kier molecular flexibility index (Phi) is 8.46. The van der Waals surface area contributed by atoms with Crippen LogP contribution in [-0.2, 0) is 32.6 Å². The van der Waals surface area contributed by atoms with E-state index in [4.69, 9.17) is 0 Å². The van der Waals surface area contributed by atoms with E-state index in [0.29, 0.717) is 37.4 Å². The van der Waals surface area contributed by atoms with Crippen molar-refractivity contribution in [1.82, 2.24) is 14.5 Å². The average Bonchev–Trinajstić information content (AvgIpc) is 3.19. The molecule has 34 heavy (non-hydrogen) atoms. The Bertz CT molecular complexity index is 1120. The summed E-state index contributed by atoms with van der Waals surface area (Å²) in [7, 11) is -1.63. The smallest absolute Gasteiger partial charge is 0.243 e. The van der Waals surface area contributed by atoms with Crippen LogP contribution in [0, 0.1) is 0 Å².